The van der Waals surface area contributed by atoms with Gasteiger partial charge in [-0.3, -0.25) is 4.79 Å². The average molecular weight is 462 g/mol. The van der Waals surface area contributed by atoms with E-state index in [4.69, 9.17) is 4.74 Å². The molecule has 6 nitrogen and oxygen atoms in total. The number of carbonyl (C=O) groups is 1. The molecular formula is C22H15F5N4O2. The fraction of sp³-hybridized carbons (Fsp3) is 0.136. The number of aromatic nitrogens is 3. The largest absolute Gasteiger partial charge is 0.467 e. The van der Waals surface area contributed by atoms with Crippen LogP contribution >= 0.6 is 0 Å². The predicted molar refractivity (Wildman–Crippen MR) is 109 cm³/mol. The first kappa shape index (κ1) is 22.2. The number of hydrogen-bond acceptors (Lipinski definition) is 4. The number of amides is 1. The number of hydrogen-bond donors (Lipinski definition) is 1. The van der Waals surface area contributed by atoms with Crippen molar-refractivity contribution in [3.8, 4) is 11.6 Å². The number of benzene rings is 2. The third kappa shape index (κ3) is 4.76. The summed E-state index contributed by atoms with van der Waals surface area (Å²) in [5.74, 6) is -2.39. The lowest BCUT2D eigenvalue weighted by atomic mass is 10.1. The fourth-order valence-corrected chi connectivity index (χ4v) is 3.25. The van der Waals surface area contributed by atoms with E-state index in [1.807, 2.05) is 0 Å². The van der Waals surface area contributed by atoms with Crippen molar-refractivity contribution < 1.29 is 31.5 Å². The highest BCUT2D eigenvalue weighted by molar-refractivity contribution is 5.92. The molecule has 0 aliphatic heterocycles. The molecule has 0 saturated heterocycles. The summed E-state index contributed by atoms with van der Waals surface area (Å²) in [5, 5.41) is 6.19. The SMILES string of the molecule is Cc1nn(-c2cccc(F)c2)c2nc(OCC(=O)Nc3cccc(F)c3)cc(C(F)(F)F)c12. The van der Waals surface area contributed by atoms with Gasteiger partial charge in [0.2, 0.25) is 5.88 Å². The molecule has 1 N–H and O–H groups in total. The first-order valence-corrected chi connectivity index (χ1v) is 9.53. The third-order valence-electron chi connectivity index (χ3n) is 4.61. The summed E-state index contributed by atoms with van der Waals surface area (Å²) in [6, 6.07) is 10.9. The van der Waals surface area contributed by atoms with Gasteiger partial charge in [0, 0.05) is 11.8 Å². The molecule has 4 rings (SSSR count). The summed E-state index contributed by atoms with van der Waals surface area (Å²) in [4.78, 5) is 16.2. The summed E-state index contributed by atoms with van der Waals surface area (Å²) >= 11 is 0. The molecule has 0 aliphatic rings. The molecular weight excluding hydrogens is 447 g/mol. The van der Waals surface area contributed by atoms with Gasteiger partial charge in [-0.1, -0.05) is 12.1 Å². The van der Waals surface area contributed by atoms with E-state index in [2.05, 4.69) is 15.4 Å². The number of nitrogens with one attached hydrogen (secondary N) is 1. The van der Waals surface area contributed by atoms with Crippen LogP contribution in [0.5, 0.6) is 5.88 Å². The molecule has 0 fully saturated rings. The summed E-state index contributed by atoms with van der Waals surface area (Å²) in [6.07, 6.45) is -4.77. The number of anilines is 1. The van der Waals surface area contributed by atoms with Gasteiger partial charge in [0.05, 0.1) is 22.3 Å². The number of halogens is 5. The number of alkyl halides is 3. The Kier molecular flexibility index (Phi) is 5.71. The summed E-state index contributed by atoms with van der Waals surface area (Å²) in [6.45, 7) is 0.696. The van der Waals surface area contributed by atoms with Crippen LogP contribution in [-0.4, -0.2) is 27.3 Å². The lowest BCUT2D eigenvalue weighted by molar-refractivity contribution is -0.136. The highest BCUT2D eigenvalue weighted by atomic mass is 19.4. The second kappa shape index (κ2) is 8.49. The number of ether oxygens (including phenoxy) is 1. The lowest BCUT2D eigenvalue weighted by Gasteiger charge is -2.12. The van der Waals surface area contributed by atoms with Crippen LogP contribution in [-0.2, 0) is 11.0 Å². The smallest absolute Gasteiger partial charge is 0.417 e. The van der Waals surface area contributed by atoms with Gasteiger partial charge < -0.3 is 10.1 Å². The maximum Gasteiger partial charge on any atom is 0.417 e. The van der Waals surface area contributed by atoms with Crippen molar-refractivity contribution in [2.24, 2.45) is 0 Å². The number of fused-ring (bicyclic) bond motifs is 1. The van der Waals surface area contributed by atoms with Crippen LogP contribution in [0, 0.1) is 18.6 Å². The number of pyridine rings is 1. The van der Waals surface area contributed by atoms with E-state index in [1.54, 1.807) is 0 Å². The maximum absolute atomic E-state index is 13.8. The van der Waals surface area contributed by atoms with Gasteiger partial charge in [0.1, 0.15) is 11.6 Å². The maximum atomic E-state index is 13.8. The average Bonchev–Trinajstić information content (AvgIpc) is 3.07. The molecule has 2 heterocycles. The number of aryl methyl sites for hydroxylation is 1. The van der Waals surface area contributed by atoms with Crippen molar-refractivity contribution in [2.75, 3.05) is 11.9 Å². The van der Waals surface area contributed by atoms with E-state index in [-0.39, 0.29) is 28.1 Å². The van der Waals surface area contributed by atoms with Crippen LogP contribution in [0.15, 0.2) is 54.6 Å². The standard InChI is InChI=1S/C22H15F5N4O2/c1-12-20-17(22(25,26)27)10-19(33-11-18(32)28-15-6-2-4-13(23)8-15)29-21(20)31(30-12)16-7-3-5-14(24)9-16/h2-10H,11H2,1H3,(H,28,32). The first-order valence-electron chi connectivity index (χ1n) is 9.53. The monoisotopic (exact) mass is 462 g/mol. The molecule has 0 spiro atoms. The minimum Gasteiger partial charge on any atom is -0.467 e. The van der Waals surface area contributed by atoms with Crippen LogP contribution in [0.1, 0.15) is 11.3 Å². The van der Waals surface area contributed by atoms with E-state index in [1.165, 1.54) is 43.3 Å². The van der Waals surface area contributed by atoms with Crippen molar-refractivity contribution >= 4 is 22.6 Å². The molecule has 1 amide bonds. The van der Waals surface area contributed by atoms with Crippen LogP contribution in [0.25, 0.3) is 16.7 Å². The molecule has 0 bridgehead atoms. The Morgan fingerprint density at radius 3 is 2.42 bits per heavy atom. The van der Waals surface area contributed by atoms with Gasteiger partial charge in [0.15, 0.2) is 12.3 Å². The summed E-state index contributed by atoms with van der Waals surface area (Å²) < 4.78 is 74.6. The first-order chi connectivity index (χ1) is 15.6. The molecule has 0 saturated carbocycles. The van der Waals surface area contributed by atoms with Crippen molar-refractivity contribution in [1.82, 2.24) is 14.8 Å². The van der Waals surface area contributed by atoms with Crippen molar-refractivity contribution in [3.05, 3.63) is 77.5 Å². The molecule has 0 atom stereocenters. The van der Waals surface area contributed by atoms with Crippen molar-refractivity contribution in [1.29, 1.82) is 0 Å². The molecule has 0 radical (unpaired) electrons. The fourth-order valence-electron chi connectivity index (χ4n) is 3.25. The van der Waals surface area contributed by atoms with Gasteiger partial charge in [-0.05, 0) is 43.3 Å². The highest BCUT2D eigenvalue weighted by Gasteiger charge is 2.36. The van der Waals surface area contributed by atoms with Crippen LogP contribution in [0.4, 0.5) is 27.6 Å². The van der Waals surface area contributed by atoms with Crippen molar-refractivity contribution in [3.63, 3.8) is 0 Å². The van der Waals surface area contributed by atoms with Gasteiger partial charge in [0.25, 0.3) is 5.91 Å². The topological polar surface area (TPSA) is 69.0 Å². The molecule has 2 aromatic carbocycles. The minimum atomic E-state index is -4.77. The van der Waals surface area contributed by atoms with Gasteiger partial charge >= 0.3 is 6.18 Å². The number of nitrogens with zero attached hydrogens (tertiary/aromatic N) is 3. The second-order valence-electron chi connectivity index (χ2n) is 7.03. The Morgan fingerprint density at radius 2 is 1.76 bits per heavy atom. The predicted octanol–water partition coefficient (Wildman–Crippen LogP) is 5.04. The normalized spacial score (nSPS) is 11.6. The zero-order valence-corrected chi connectivity index (χ0v) is 17.0. The Bertz CT molecular complexity index is 1350. The van der Waals surface area contributed by atoms with E-state index >= 15 is 0 Å². The zero-order valence-electron chi connectivity index (χ0n) is 17.0. The molecule has 2 aromatic heterocycles. The quantitative estimate of drug-likeness (QED) is 0.422. The van der Waals surface area contributed by atoms with Crippen LogP contribution < -0.4 is 10.1 Å². The summed E-state index contributed by atoms with van der Waals surface area (Å²) in [5.41, 5.74) is -0.927. The van der Waals surface area contributed by atoms with Gasteiger partial charge in [-0.2, -0.15) is 23.3 Å². The van der Waals surface area contributed by atoms with E-state index < -0.39 is 41.8 Å². The van der Waals surface area contributed by atoms with Gasteiger partial charge in [-0.25, -0.2) is 13.5 Å². The Morgan fingerprint density at radius 1 is 1.06 bits per heavy atom. The Hall–Kier alpha value is -4.02. The Labute approximate surface area is 183 Å². The highest BCUT2D eigenvalue weighted by Crippen LogP contribution is 2.38. The van der Waals surface area contributed by atoms with Crippen LogP contribution in [0.3, 0.4) is 0 Å². The lowest BCUT2D eigenvalue weighted by Crippen LogP contribution is -2.21. The molecule has 0 unspecified atom stereocenters. The second-order valence-corrected chi connectivity index (χ2v) is 7.03. The number of rotatable bonds is 5. The van der Waals surface area contributed by atoms with Gasteiger partial charge in [-0.15, -0.1) is 0 Å². The van der Waals surface area contributed by atoms with Crippen LogP contribution in [0.2, 0.25) is 0 Å². The molecule has 4 aromatic rings. The number of carbonyl (C=O) groups excluding carboxylic acids is 1. The van der Waals surface area contributed by atoms with E-state index in [0.717, 1.165) is 16.8 Å². The molecule has 170 valence electrons. The molecule has 33 heavy (non-hydrogen) atoms. The molecule has 11 heteroatoms. The zero-order chi connectivity index (χ0) is 23.8. The molecule has 0 aliphatic carbocycles. The van der Waals surface area contributed by atoms with E-state index in [0.29, 0.717) is 6.07 Å². The third-order valence-corrected chi connectivity index (χ3v) is 4.61. The van der Waals surface area contributed by atoms with Crippen molar-refractivity contribution in [2.45, 2.75) is 13.1 Å². The van der Waals surface area contributed by atoms with E-state index in [9.17, 15) is 26.7 Å². The Balaban J connectivity index is 1.70. The minimum absolute atomic E-state index is 0.0319. The summed E-state index contributed by atoms with van der Waals surface area (Å²) in [7, 11) is 0.